The molecule has 0 bridgehead atoms. The van der Waals surface area contributed by atoms with Crippen LogP contribution in [0.3, 0.4) is 0 Å². The molecule has 122 valence electrons. The third-order valence-corrected chi connectivity index (χ3v) is 4.36. The Morgan fingerprint density at radius 1 is 1.22 bits per heavy atom. The maximum Gasteiger partial charge on any atom is 0.253 e. The molecule has 0 spiro atoms. The standard InChI is InChI=1S/C16H22N6O/c1-12(2)21-9-8-20(10-13(21)3)16(23)14-4-6-15(7-5-14)22-11-17-18-19-22/h4-7,11-13H,8-10H2,1-3H3/t13-/m0/s1. The fourth-order valence-electron chi connectivity index (χ4n) is 3.14. The SMILES string of the molecule is CC(C)N1CCN(C(=O)c2ccc(-n3cnnn3)cc2)C[C@@H]1C. The summed E-state index contributed by atoms with van der Waals surface area (Å²) in [5.41, 5.74) is 1.54. The molecule has 2 aromatic rings. The summed E-state index contributed by atoms with van der Waals surface area (Å²) < 4.78 is 1.57. The largest absolute Gasteiger partial charge is 0.336 e. The van der Waals surface area contributed by atoms with Gasteiger partial charge in [-0.15, -0.1) is 5.10 Å². The number of benzene rings is 1. The predicted molar refractivity (Wildman–Crippen MR) is 86.4 cm³/mol. The minimum absolute atomic E-state index is 0.0866. The average molecular weight is 314 g/mol. The molecule has 0 unspecified atom stereocenters. The summed E-state index contributed by atoms with van der Waals surface area (Å²) >= 11 is 0. The van der Waals surface area contributed by atoms with Crippen molar-refractivity contribution in [1.29, 1.82) is 0 Å². The lowest BCUT2D eigenvalue weighted by atomic mass is 10.1. The number of carbonyl (C=O) groups excluding carboxylic acids is 1. The molecule has 1 aromatic heterocycles. The molecule has 0 saturated carbocycles. The van der Waals surface area contributed by atoms with E-state index in [1.54, 1.807) is 4.68 Å². The highest BCUT2D eigenvalue weighted by Gasteiger charge is 2.28. The van der Waals surface area contributed by atoms with Crippen molar-refractivity contribution < 1.29 is 4.79 Å². The maximum absolute atomic E-state index is 12.7. The van der Waals surface area contributed by atoms with Crippen molar-refractivity contribution in [3.05, 3.63) is 36.2 Å². The number of hydrogen-bond acceptors (Lipinski definition) is 5. The first kappa shape index (κ1) is 15.6. The van der Waals surface area contributed by atoms with Crippen molar-refractivity contribution in [2.24, 2.45) is 0 Å². The van der Waals surface area contributed by atoms with Gasteiger partial charge in [0.25, 0.3) is 5.91 Å². The molecule has 1 saturated heterocycles. The van der Waals surface area contributed by atoms with E-state index < -0.39 is 0 Å². The predicted octanol–water partition coefficient (Wildman–Crippen LogP) is 1.22. The van der Waals surface area contributed by atoms with E-state index in [2.05, 4.69) is 41.2 Å². The van der Waals surface area contributed by atoms with E-state index in [0.717, 1.165) is 25.3 Å². The van der Waals surface area contributed by atoms with Gasteiger partial charge in [-0.3, -0.25) is 9.69 Å². The lowest BCUT2D eigenvalue weighted by molar-refractivity contribution is 0.0426. The Kier molecular flexibility index (Phi) is 4.38. The second-order valence-corrected chi connectivity index (χ2v) is 6.23. The Balaban J connectivity index is 1.69. The molecule has 1 fully saturated rings. The van der Waals surface area contributed by atoms with E-state index in [1.165, 1.54) is 6.33 Å². The van der Waals surface area contributed by atoms with Gasteiger partial charge < -0.3 is 4.90 Å². The van der Waals surface area contributed by atoms with Crippen LogP contribution in [0.15, 0.2) is 30.6 Å². The zero-order valence-corrected chi connectivity index (χ0v) is 13.8. The zero-order chi connectivity index (χ0) is 16.4. The van der Waals surface area contributed by atoms with Crippen molar-refractivity contribution in [2.75, 3.05) is 19.6 Å². The third kappa shape index (κ3) is 3.24. The Bertz CT molecular complexity index is 652. The first-order valence-electron chi connectivity index (χ1n) is 7.94. The maximum atomic E-state index is 12.7. The van der Waals surface area contributed by atoms with Crippen LogP contribution in [0.5, 0.6) is 0 Å². The van der Waals surface area contributed by atoms with Crippen molar-refractivity contribution >= 4 is 5.91 Å². The van der Waals surface area contributed by atoms with E-state index >= 15 is 0 Å². The minimum Gasteiger partial charge on any atom is -0.336 e. The normalized spacial score (nSPS) is 19.3. The molecule has 1 aliphatic rings. The van der Waals surface area contributed by atoms with Crippen LogP contribution >= 0.6 is 0 Å². The van der Waals surface area contributed by atoms with Gasteiger partial charge in [-0.2, -0.15) is 0 Å². The molecule has 3 rings (SSSR count). The lowest BCUT2D eigenvalue weighted by Gasteiger charge is -2.42. The fourth-order valence-corrected chi connectivity index (χ4v) is 3.14. The molecular weight excluding hydrogens is 292 g/mol. The van der Waals surface area contributed by atoms with Gasteiger partial charge in [-0.1, -0.05) is 0 Å². The van der Waals surface area contributed by atoms with Crippen LogP contribution in [0, 0.1) is 0 Å². The number of rotatable bonds is 3. The third-order valence-electron chi connectivity index (χ3n) is 4.36. The Labute approximate surface area is 135 Å². The van der Waals surface area contributed by atoms with Gasteiger partial charge in [0.05, 0.1) is 5.69 Å². The number of carbonyl (C=O) groups is 1. The van der Waals surface area contributed by atoms with Crippen LogP contribution < -0.4 is 0 Å². The van der Waals surface area contributed by atoms with Crippen LogP contribution in [-0.4, -0.2) is 67.6 Å². The second-order valence-electron chi connectivity index (χ2n) is 6.23. The summed E-state index contributed by atoms with van der Waals surface area (Å²) in [6.45, 7) is 9.05. The van der Waals surface area contributed by atoms with Crippen molar-refractivity contribution in [2.45, 2.75) is 32.9 Å². The summed E-state index contributed by atoms with van der Waals surface area (Å²) in [6.07, 6.45) is 1.53. The highest BCUT2D eigenvalue weighted by Crippen LogP contribution is 2.16. The molecule has 2 heterocycles. The Hall–Kier alpha value is -2.28. The van der Waals surface area contributed by atoms with E-state index in [-0.39, 0.29) is 5.91 Å². The number of hydrogen-bond donors (Lipinski definition) is 0. The second kappa shape index (κ2) is 6.45. The molecular formula is C16H22N6O. The van der Waals surface area contributed by atoms with Crippen molar-refractivity contribution in [3.8, 4) is 5.69 Å². The van der Waals surface area contributed by atoms with E-state index in [9.17, 15) is 4.79 Å². The monoisotopic (exact) mass is 314 g/mol. The quantitative estimate of drug-likeness (QED) is 0.852. The van der Waals surface area contributed by atoms with Gasteiger partial charge in [0.15, 0.2) is 0 Å². The first-order valence-corrected chi connectivity index (χ1v) is 7.94. The fraction of sp³-hybridized carbons (Fsp3) is 0.500. The molecule has 0 aliphatic carbocycles. The number of tetrazole rings is 1. The molecule has 0 N–H and O–H groups in total. The molecule has 7 heteroatoms. The van der Waals surface area contributed by atoms with Gasteiger partial charge in [0.1, 0.15) is 6.33 Å². The molecule has 1 aromatic carbocycles. The molecule has 23 heavy (non-hydrogen) atoms. The van der Waals surface area contributed by atoms with Crippen LogP contribution in [0.2, 0.25) is 0 Å². The number of piperazine rings is 1. The van der Waals surface area contributed by atoms with Gasteiger partial charge in [-0.25, -0.2) is 4.68 Å². The van der Waals surface area contributed by atoms with E-state index in [4.69, 9.17) is 0 Å². The van der Waals surface area contributed by atoms with Gasteiger partial charge >= 0.3 is 0 Å². The summed E-state index contributed by atoms with van der Waals surface area (Å²) in [5, 5.41) is 11.1. The molecule has 7 nitrogen and oxygen atoms in total. The van der Waals surface area contributed by atoms with Crippen molar-refractivity contribution in [1.82, 2.24) is 30.0 Å². The van der Waals surface area contributed by atoms with Gasteiger partial charge in [0, 0.05) is 37.3 Å². The van der Waals surface area contributed by atoms with Crippen LogP contribution in [0.25, 0.3) is 5.69 Å². The summed E-state index contributed by atoms with van der Waals surface area (Å²) in [4.78, 5) is 17.1. The highest BCUT2D eigenvalue weighted by atomic mass is 16.2. The average Bonchev–Trinajstić information content (AvgIpc) is 3.08. The number of amides is 1. The molecule has 1 amide bonds. The number of nitrogens with zero attached hydrogens (tertiary/aromatic N) is 6. The Morgan fingerprint density at radius 3 is 2.52 bits per heavy atom. The van der Waals surface area contributed by atoms with Crippen molar-refractivity contribution in [3.63, 3.8) is 0 Å². The first-order chi connectivity index (χ1) is 11.1. The molecule has 1 atom stereocenters. The van der Waals surface area contributed by atoms with Crippen LogP contribution in [0.1, 0.15) is 31.1 Å². The summed E-state index contributed by atoms with van der Waals surface area (Å²) in [5.74, 6) is 0.0866. The topological polar surface area (TPSA) is 67.2 Å². The minimum atomic E-state index is 0.0866. The lowest BCUT2D eigenvalue weighted by Crippen LogP contribution is -2.55. The van der Waals surface area contributed by atoms with Crippen LogP contribution in [-0.2, 0) is 0 Å². The molecule has 0 radical (unpaired) electrons. The number of aromatic nitrogens is 4. The van der Waals surface area contributed by atoms with E-state index in [1.807, 2.05) is 29.2 Å². The molecule has 1 aliphatic heterocycles. The smallest absolute Gasteiger partial charge is 0.253 e. The van der Waals surface area contributed by atoms with Crippen LogP contribution in [0.4, 0.5) is 0 Å². The van der Waals surface area contributed by atoms with Gasteiger partial charge in [0.2, 0.25) is 0 Å². The Morgan fingerprint density at radius 2 is 1.96 bits per heavy atom. The van der Waals surface area contributed by atoms with E-state index in [0.29, 0.717) is 17.6 Å². The summed E-state index contributed by atoms with van der Waals surface area (Å²) in [7, 11) is 0. The van der Waals surface area contributed by atoms with Gasteiger partial charge in [-0.05, 0) is 55.5 Å². The zero-order valence-electron chi connectivity index (χ0n) is 13.8. The highest BCUT2D eigenvalue weighted by molar-refractivity contribution is 5.94. The summed E-state index contributed by atoms with van der Waals surface area (Å²) in [6, 6.07) is 8.28.